The van der Waals surface area contributed by atoms with Gasteiger partial charge in [0.05, 0.1) is 24.0 Å². The number of aliphatic hydroxyl groups is 1. The number of aromatic nitrogens is 2. The van der Waals surface area contributed by atoms with Crippen LogP contribution in [0.15, 0.2) is 63.9 Å². The molecule has 1 atom stereocenters. The second-order valence-corrected chi connectivity index (χ2v) is 6.76. The van der Waals surface area contributed by atoms with Gasteiger partial charge < -0.3 is 14.9 Å². The summed E-state index contributed by atoms with van der Waals surface area (Å²) < 4.78 is 6.23. The Hall–Kier alpha value is -3.06. The smallest absolute Gasteiger partial charge is 0.389 e. The van der Waals surface area contributed by atoms with Crippen molar-refractivity contribution >= 4 is 11.4 Å². The molecule has 1 aliphatic heterocycles. The number of hydrogen-bond donors (Lipinski definition) is 1. The van der Waals surface area contributed by atoms with E-state index in [1.807, 2.05) is 42.5 Å². The van der Waals surface area contributed by atoms with Gasteiger partial charge in [-0.15, -0.1) is 0 Å². The van der Waals surface area contributed by atoms with Crippen molar-refractivity contribution < 1.29 is 9.63 Å². The largest absolute Gasteiger partial charge is 0.441 e. The summed E-state index contributed by atoms with van der Waals surface area (Å²) in [6.07, 6.45) is -0.735. The van der Waals surface area contributed by atoms with Crippen molar-refractivity contribution in [2.75, 3.05) is 36.5 Å². The van der Waals surface area contributed by atoms with Gasteiger partial charge in [0.1, 0.15) is 0 Å². The Labute approximate surface area is 157 Å². The second kappa shape index (κ2) is 7.28. The summed E-state index contributed by atoms with van der Waals surface area (Å²) in [5, 5.41) is 14.6. The van der Waals surface area contributed by atoms with E-state index in [-0.39, 0.29) is 6.54 Å². The minimum atomic E-state index is -0.735. The zero-order valence-corrected chi connectivity index (χ0v) is 15.2. The Bertz CT molecular complexity index is 967. The SMILES string of the molecule is CN1CCN(C[C@H](O)Cn2c(-c3ccccc3)noc2=O)c2ccccc21. The lowest BCUT2D eigenvalue weighted by atomic mass is 10.1. The third kappa shape index (κ3) is 3.46. The van der Waals surface area contributed by atoms with Crippen LogP contribution in [0.2, 0.25) is 0 Å². The molecule has 3 aromatic rings. The first-order valence-corrected chi connectivity index (χ1v) is 8.98. The number of nitrogens with zero attached hydrogens (tertiary/aromatic N) is 4. The fourth-order valence-corrected chi connectivity index (χ4v) is 3.50. The van der Waals surface area contributed by atoms with Crippen molar-refractivity contribution in [1.82, 2.24) is 9.72 Å². The number of rotatable bonds is 5. The summed E-state index contributed by atoms with van der Waals surface area (Å²) in [5.74, 6) is -0.134. The monoisotopic (exact) mass is 366 g/mol. The molecule has 0 aliphatic carbocycles. The van der Waals surface area contributed by atoms with Crippen molar-refractivity contribution in [3.63, 3.8) is 0 Å². The van der Waals surface area contributed by atoms with E-state index in [0.29, 0.717) is 12.4 Å². The van der Waals surface area contributed by atoms with Gasteiger partial charge in [0.15, 0.2) is 5.82 Å². The van der Waals surface area contributed by atoms with E-state index in [1.54, 1.807) is 0 Å². The van der Waals surface area contributed by atoms with Gasteiger partial charge in [-0.2, -0.15) is 0 Å². The Balaban J connectivity index is 1.53. The summed E-state index contributed by atoms with van der Waals surface area (Å²) >= 11 is 0. The highest BCUT2D eigenvalue weighted by molar-refractivity contribution is 5.73. The summed E-state index contributed by atoms with van der Waals surface area (Å²) in [4.78, 5) is 16.4. The fourth-order valence-electron chi connectivity index (χ4n) is 3.50. The van der Waals surface area contributed by atoms with Crippen LogP contribution in [0, 0.1) is 0 Å². The van der Waals surface area contributed by atoms with Gasteiger partial charge in [0.25, 0.3) is 0 Å². The van der Waals surface area contributed by atoms with Crippen LogP contribution in [0.5, 0.6) is 0 Å². The number of likely N-dealkylation sites (N-methyl/N-ethyl adjacent to an activating group) is 1. The van der Waals surface area contributed by atoms with Gasteiger partial charge in [-0.3, -0.25) is 9.09 Å². The van der Waals surface area contributed by atoms with Gasteiger partial charge in [-0.05, 0) is 12.1 Å². The number of anilines is 2. The molecule has 0 unspecified atom stereocenters. The maximum atomic E-state index is 12.1. The first-order valence-electron chi connectivity index (χ1n) is 8.98. The van der Waals surface area contributed by atoms with Gasteiger partial charge in [0, 0.05) is 32.2 Å². The molecular weight excluding hydrogens is 344 g/mol. The van der Waals surface area contributed by atoms with Crippen LogP contribution >= 0.6 is 0 Å². The Morgan fingerprint density at radius 1 is 1.04 bits per heavy atom. The molecule has 0 amide bonds. The third-order valence-corrected chi connectivity index (χ3v) is 4.88. The number of para-hydroxylation sites is 2. The molecule has 0 radical (unpaired) electrons. The molecule has 2 aromatic carbocycles. The van der Waals surface area contributed by atoms with Crippen molar-refractivity contribution in [2.45, 2.75) is 12.6 Å². The lowest BCUT2D eigenvalue weighted by molar-refractivity contribution is 0.156. The summed E-state index contributed by atoms with van der Waals surface area (Å²) in [6.45, 7) is 2.25. The Morgan fingerprint density at radius 3 is 2.52 bits per heavy atom. The molecule has 0 saturated carbocycles. The molecule has 27 heavy (non-hydrogen) atoms. The molecule has 1 N–H and O–H groups in total. The van der Waals surface area contributed by atoms with Crippen LogP contribution in [0.4, 0.5) is 11.4 Å². The number of β-amino-alcohol motifs (C(OH)–C–C–N with tert-alkyl or cyclic N) is 1. The molecule has 7 heteroatoms. The molecule has 4 rings (SSSR count). The molecule has 0 spiro atoms. The molecular formula is C20H22N4O3. The minimum Gasteiger partial charge on any atom is -0.389 e. The van der Waals surface area contributed by atoms with Gasteiger partial charge in [-0.25, -0.2) is 4.79 Å². The lowest BCUT2D eigenvalue weighted by Gasteiger charge is -2.37. The highest BCUT2D eigenvalue weighted by Crippen LogP contribution is 2.31. The molecule has 0 saturated heterocycles. The van der Waals surface area contributed by atoms with Crippen LogP contribution in [-0.2, 0) is 6.54 Å². The summed E-state index contributed by atoms with van der Waals surface area (Å²) in [7, 11) is 2.06. The number of hydrogen-bond acceptors (Lipinski definition) is 6. The quantitative estimate of drug-likeness (QED) is 0.742. The first-order chi connectivity index (χ1) is 13.1. The Kier molecular flexibility index (Phi) is 4.68. The predicted molar refractivity (Wildman–Crippen MR) is 104 cm³/mol. The van der Waals surface area contributed by atoms with Gasteiger partial charge in [-0.1, -0.05) is 47.6 Å². The molecule has 1 aromatic heterocycles. The van der Waals surface area contributed by atoms with E-state index < -0.39 is 11.9 Å². The normalized spacial score (nSPS) is 14.9. The van der Waals surface area contributed by atoms with Crippen molar-refractivity contribution in [3.8, 4) is 11.4 Å². The number of benzene rings is 2. The second-order valence-electron chi connectivity index (χ2n) is 6.76. The fraction of sp³-hybridized carbons (Fsp3) is 0.300. The van der Waals surface area contributed by atoms with Gasteiger partial charge >= 0.3 is 5.76 Å². The van der Waals surface area contributed by atoms with E-state index in [2.05, 4.69) is 34.1 Å². The average Bonchev–Trinajstić information content (AvgIpc) is 3.05. The van der Waals surface area contributed by atoms with Gasteiger partial charge in [0.2, 0.25) is 0 Å². The van der Waals surface area contributed by atoms with E-state index in [4.69, 9.17) is 4.52 Å². The molecule has 0 bridgehead atoms. The van der Waals surface area contributed by atoms with Crippen LogP contribution in [0.3, 0.4) is 0 Å². The topological polar surface area (TPSA) is 74.7 Å². The molecule has 7 nitrogen and oxygen atoms in total. The number of aliphatic hydroxyl groups excluding tert-OH is 1. The van der Waals surface area contributed by atoms with E-state index >= 15 is 0 Å². The third-order valence-electron chi connectivity index (χ3n) is 4.88. The summed E-state index contributed by atoms with van der Waals surface area (Å²) in [5.41, 5.74) is 3.01. The first kappa shape index (κ1) is 17.4. The molecule has 2 heterocycles. The van der Waals surface area contributed by atoms with Crippen LogP contribution in [-0.4, -0.2) is 47.6 Å². The average molecular weight is 366 g/mol. The highest BCUT2D eigenvalue weighted by Gasteiger charge is 2.23. The highest BCUT2D eigenvalue weighted by atomic mass is 16.5. The Morgan fingerprint density at radius 2 is 1.74 bits per heavy atom. The lowest BCUT2D eigenvalue weighted by Crippen LogP contribution is -2.44. The van der Waals surface area contributed by atoms with Crippen molar-refractivity contribution in [2.24, 2.45) is 0 Å². The predicted octanol–water partition coefficient (Wildman–Crippen LogP) is 1.82. The number of fused-ring (bicyclic) bond motifs is 1. The standard InChI is InChI=1S/C20H22N4O3/c1-22-11-12-23(18-10-6-5-9-17(18)22)13-16(25)14-24-19(21-27-20(24)26)15-7-3-2-4-8-15/h2-10,16,25H,11-14H2,1H3/t16-/m0/s1. The van der Waals surface area contributed by atoms with Crippen LogP contribution in [0.1, 0.15) is 0 Å². The molecule has 1 aliphatic rings. The van der Waals surface area contributed by atoms with Crippen LogP contribution < -0.4 is 15.6 Å². The van der Waals surface area contributed by atoms with Crippen LogP contribution in [0.25, 0.3) is 11.4 Å². The van der Waals surface area contributed by atoms with E-state index in [1.165, 1.54) is 4.57 Å². The maximum absolute atomic E-state index is 12.1. The molecule has 0 fully saturated rings. The minimum absolute atomic E-state index is 0.126. The summed E-state index contributed by atoms with van der Waals surface area (Å²) in [6, 6.07) is 17.5. The van der Waals surface area contributed by atoms with Crippen molar-refractivity contribution in [1.29, 1.82) is 0 Å². The zero-order chi connectivity index (χ0) is 18.8. The zero-order valence-electron chi connectivity index (χ0n) is 15.2. The van der Waals surface area contributed by atoms with E-state index in [0.717, 1.165) is 30.0 Å². The maximum Gasteiger partial charge on any atom is 0.441 e. The van der Waals surface area contributed by atoms with Crippen molar-refractivity contribution in [3.05, 3.63) is 65.1 Å². The van der Waals surface area contributed by atoms with E-state index in [9.17, 15) is 9.90 Å². The molecule has 140 valence electrons.